The third kappa shape index (κ3) is 1.77. The SMILES string of the molecule is COC(=O)C(Br)(C#N)C(C)=O. The molecule has 0 aromatic rings. The topological polar surface area (TPSA) is 67.2 Å². The van der Waals surface area contributed by atoms with Gasteiger partial charge in [-0.05, 0) is 22.9 Å². The Kier molecular flexibility index (Phi) is 3.20. The normalized spacial score (nSPS) is 14.4. The Morgan fingerprint density at radius 1 is 1.64 bits per heavy atom. The number of alkyl halides is 1. The zero-order chi connectivity index (χ0) is 9.07. The standard InChI is InChI=1S/C6H6BrNO3/c1-4(9)6(7,3-8)5(10)11-2/h1-2H3. The monoisotopic (exact) mass is 219 g/mol. The molecule has 0 heterocycles. The lowest BCUT2D eigenvalue weighted by Gasteiger charge is -2.11. The quantitative estimate of drug-likeness (QED) is 0.384. The van der Waals surface area contributed by atoms with Crippen LogP contribution in [0.5, 0.6) is 0 Å². The van der Waals surface area contributed by atoms with Gasteiger partial charge in [0.1, 0.15) is 6.07 Å². The Morgan fingerprint density at radius 3 is 2.18 bits per heavy atom. The van der Waals surface area contributed by atoms with Gasteiger partial charge in [0.15, 0.2) is 5.78 Å². The van der Waals surface area contributed by atoms with Crippen molar-refractivity contribution in [2.75, 3.05) is 7.11 Å². The average molecular weight is 220 g/mol. The molecule has 0 aliphatic rings. The van der Waals surface area contributed by atoms with Crippen molar-refractivity contribution in [1.82, 2.24) is 0 Å². The summed E-state index contributed by atoms with van der Waals surface area (Å²) >= 11 is 2.69. The molecular formula is C6H6BrNO3. The molecule has 0 aromatic carbocycles. The fourth-order valence-electron chi connectivity index (χ4n) is 0.409. The van der Waals surface area contributed by atoms with Crippen molar-refractivity contribution in [1.29, 1.82) is 5.26 Å². The number of ketones is 1. The molecule has 0 fully saturated rings. The molecule has 4 nitrogen and oxygen atoms in total. The molecule has 0 bridgehead atoms. The first-order valence-corrected chi connectivity index (χ1v) is 3.48. The van der Waals surface area contributed by atoms with E-state index in [4.69, 9.17) is 5.26 Å². The molecule has 1 unspecified atom stereocenters. The van der Waals surface area contributed by atoms with Crippen LogP contribution >= 0.6 is 15.9 Å². The number of hydrogen-bond acceptors (Lipinski definition) is 4. The molecule has 0 aliphatic carbocycles. The van der Waals surface area contributed by atoms with Crippen LogP contribution in [0.4, 0.5) is 0 Å². The van der Waals surface area contributed by atoms with Gasteiger partial charge in [-0.1, -0.05) is 0 Å². The Bertz CT molecular complexity index is 232. The fourth-order valence-corrected chi connectivity index (χ4v) is 0.571. The Labute approximate surface area is 72.3 Å². The van der Waals surface area contributed by atoms with Crippen molar-refractivity contribution in [2.24, 2.45) is 0 Å². The molecule has 0 saturated carbocycles. The molecule has 0 aromatic heterocycles. The maximum Gasteiger partial charge on any atom is 0.345 e. The van der Waals surface area contributed by atoms with E-state index in [9.17, 15) is 9.59 Å². The molecule has 0 radical (unpaired) electrons. The number of esters is 1. The van der Waals surface area contributed by atoms with Gasteiger partial charge in [0.2, 0.25) is 0 Å². The van der Waals surface area contributed by atoms with Crippen LogP contribution in [-0.2, 0) is 14.3 Å². The summed E-state index contributed by atoms with van der Waals surface area (Å²) in [5, 5.41) is 8.44. The molecule has 11 heavy (non-hydrogen) atoms. The van der Waals surface area contributed by atoms with E-state index < -0.39 is 16.1 Å². The fraction of sp³-hybridized carbons (Fsp3) is 0.500. The number of rotatable bonds is 2. The number of halogens is 1. The second kappa shape index (κ2) is 3.49. The van der Waals surface area contributed by atoms with Crippen LogP contribution < -0.4 is 0 Å². The average Bonchev–Trinajstić information content (AvgIpc) is 2.01. The maximum absolute atomic E-state index is 10.8. The molecule has 0 aliphatic heterocycles. The highest BCUT2D eigenvalue weighted by atomic mass is 79.9. The van der Waals surface area contributed by atoms with Gasteiger partial charge in [-0.15, -0.1) is 0 Å². The molecule has 0 amide bonds. The van der Waals surface area contributed by atoms with Gasteiger partial charge >= 0.3 is 5.97 Å². The lowest BCUT2D eigenvalue weighted by Crippen LogP contribution is -2.38. The summed E-state index contributed by atoms with van der Waals surface area (Å²) in [6.45, 7) is 1.13. The summed E-state index contributed by atoms with van der Waals surface area (Å²) in [5.41, 5.74) is 0. The molecule has 0 spiro atoms. The lowest BCUT2D eigenvalue weighted by atomic mass is 10.1. The minimum absolute atomic E-state index is 0.591. The predicted octanol–water partition coefficient (Wildman–Crippen LogP) is 0.406. The minimum atomic E-state index is -1.83. The highest BCUT2D eigenvalue weighted by molar-refractivity contribution is 9.10. The molecular weight excluding hydrogens is 214 g/mol. The summed E-state index contributed by atoms with van der Waals surface area (Å²) in [4.78, 5) is 21.5. The van der Waals surface area contributed by atoms with E-state index in [2.05, 4.69) is 20.7 Å². The number of methoxy groups -OCH3 is 1. The summed E-state index contributed by atoms with van der Waals surface area (Å²) in [6, 6.07) is 1.52. The summed E-state index contributed by atoms with van der Waals surface area (Å²) < 4.78 is 2.41. The number of hydrogen-bond donors (Lipinski definition) is 0. The van der Waals surface area contributed by atoms with E-state index in [0.717, 1.165) is 14.0 Å². The smallest absolute Gasteiger partial charge is 0.345 e. The summed E-state index contributed by atoms with van der Waals surface area (Å²) in [7, 11) is 1.11. The number of nitriles is 1. The second-order valence-electron chi connectivity index (χ2n) is 1.82. The first kappa shape index (κ1) is 10.1. The van der Waals surface area contributed by atoms with Crippen LogP contribution in [0, 0.1) is 11.3 Å². The third-order valence-corrected chi connectivity index (χ3v) is 2.17. The van der Waals surface area contributed by atoms with Gasteiger partial charge in [0.25, 0.3) is 4.32 Å². The van der Waals surface area contributed by atoms with Crippen LogP contribution in [0.2, 0.25) is 0 Å². The molecule has 60 valence electrons. The predicted molar refractivity (Wildman–Crippen MR) is 40.0 cm³/mol. The van der Waals surface area contributed by atoms with Gasteiger partial charge in [0, 0.05) is 0 Å². The molecule has 0 N–H and O–H groups in total. The number of nitrogens with zero attached hydrogens (tertiary/aromatic N) is 1. The Morgan fingerprint density at radius 2 is 2.09 bits per heavy atom. The van der Waals surface area contributed by atoms with Crippen LogP contribution in [0.1, 0.15) is 6.92 Å². The van der Waals surface area contributed by atoms with Crippen LogP contribution in [0.25, 0.3) is 0 Å². The van der Waals surface area contributed by atoms with E-state index >= 15 is 0 Å². The van der Waals surface area contributed by atoms with Crippen molar-refractivity contribution < 1.29 is 14.3 Å². The largest absolute Gasteiger partial charge is 0.467 e. The van der Waals surface area contributed by atoms with Gasteiger partial charge in [-0.3, -0.25) is 4.79 Å². The second-order valence-corrected chi connectivity index (χ2v) is 3.01. The van der Waals surface area contributed by atoms with Gasteiger partial charge < -0.3 is 4.74 Å². The first-order valence-electron chi connectivity index (χ1n) is 2.68. The van der Waals surface area contributed by atoms with E-state index in [-0.39, 0.29) is 0 Å². The first-order chi connectivity index (χ1) is 4.99. The zero-order valence-corrected chi connectivity index (χ0v) is 7.64. The molecule has 1 atom stereocenters. The van der Waals surface area contributed by atoms with Crippen molar-refractivity contribution in [3.05, 3.63) is 0 Å². The Balaban J connectivity index is 4.79. The number of ether oxygens (including phenoxy) is 1. The van der Waals surface area contributed by atoms with Crippen LogP contribution in [0.3, 0.4) is 0 Å². The summed E-state index contributed by atoms with van der Waals surface area (Å²) in [5.74, 6) is -1.49. The number of Topliss-reactive ketones (excluding diaryl/α,β-unsaturated/α-hetero) is 1. The van der Waals surface area contributed by atoms with Gasteiger partial charge in [-0.2, -0.15) is 5.26 Å². The maximum atomic E-state index is 10.8. The van der Waals surface area contributed by atoms with E-state index in [1.165, 1.54) is 6.07 Å². The van der Waals surface area contributed by atoms with Gasteiger partial charge in [0.05, 0.1) is 7.11 Å². The van der Waals surface area contributed by atoms with Crippen LogP contribution in [0.15, 0.2) is 0 Å². The minimum Gasteiger partial charge on any atom is -0.467 e. The van der Waals surface area contributed by atoms with Crippen molar-refractivity contribution in [3.63, 3.8) is 0 Å². The van der Waals surface area contributed by atoms with E-state index in [1.807, 2.05) is 0 Å². The third-order valence-electron chi connectivity index (χ3n) is 1.11. The van der Waals surface area contributed by atoms with Crippen molar-refractivity contribution >= 4 is 27.7 Å². The van der Waals surface area contributed by atoms with E-state index in [0.29, 0.717) is 0 Å². The van der Waals surface area contributed by atoms with Crippen molar-refractivity contribution in [3.8, 4) is 6.07 Å². The lowest BCUT2D eigenvalue weighted by molar-refractivity contribution is -0.144. The van der Waals surface area contributed by atoms with E-state index in [1.54, 1.807) is 0 Å². The number of carbonyl (C=O) groups excluding carboxylic acids is 2. The zero-order valence-electron chi connectivity index (χ0n) is 6.05. The molecule has 0 saturated heterocycles. The van der Waals surface area contributed by atoms with Crippen LogP contribution in [-0.4, -0.2) is 23.2 Å². The molecule has 0 rings (SSSR count). The highest BCUT2D eigenvalue weighted by Crippen LogP contribution is 2.19. The number of carbonyl (C=O) groups is 2. The Hall–Kier alpha value is -0.890. The van der Waals surface area contributed by atoms with Crippen molar-refractivity contribution in [2.45, 2.75) is 11.2 Å². The molecule has 5 heteroatoms. The van der Waals surface area contributed by atoms with Gasteiger partial charge in [-0.25, -0.2) is 4.79 Å². The highest BCUT2D eigenvalue weighted by Gasteiger charge is 2.42. The summed E-state index contributed by atoms with van der Waals surface area (Å²) in [6.07, 6.45) is 0.